The van der Waals surface area contributed by atoms with Crippen molar-refractivity contribution in [1.82, 2.24) is 14.7 Å². The molecule has 5 rings (SSSR count). The largest absolute Gasteiger partial charge is 0.497 e. The number of fused-ring (bicyclic) bond motifs is 3. The van der Waals surface area contributed by atoms with E-state index in [9.17, 15) is 9.59 Å². The Bertz CT molecular complexity index is 1330. The third kappa shape index (κ3) is 5.33. The molecule has 3 amide bonds. The minimum absolute atomic E-state index is 0.0171. The number of aryl methyl sites for hydroxylation is 1. The van der Waals surface area contributed by atoms with Crippen molar-refractivity contribution in [1.29, 1.82) is 0 Å². The van der Waals surface area contributed by atoms with Crippen LogP contribution in [0.4, 0.5) is 4.79 Å². The van der Waals surface area contributed by atoms with Gasteiger partial charge >= 0.3 is 6.03 Å². The molecule has 1 atom stereocenters. The second kappa shape index (κ2) is 12.6. The molecule has 3 heterocycles. The number of para-hydroxylation sites is 1. The Balaban J connectivity index is 0.00000189. The molecule has 2 aromatic carbocycles. The fraction of sp³-hybridized carbons (Fsp3) is 0.455. The summed E-state index contributed by atoms with van der Waals surface area (Å²) < 4.78 is 17.2. The quantitative estimate of drug-likeness (QED) is 0.436. The zero-order valence-electron chi connectivity index (χ0n) is 24.8. The summed E-state index contributed by atoms with van der Waals surface area (Å²) in [4.78, 5) is 32.7. The van der Waals surface area contributed by atoms with Gasteiger partial charge in [0, 0.05) is 42.9 Å². The van der Waals surface area contributed by atoms with Crippen LogP contribution in [-0.4, -0.2) is 72.6 Å². The first-order valence-corrected chi connectivity index (χ1v) is 14.2. The molecule has 0 bridgehead atoms. The molecule has 41 heavy (non-hydrogen) atoms. The maximum atomic E-state index is 13.8. The molecular weight excluding hydrogens is 518 g/mol. The van der Waals surface area contributed by atoms with Gasteiger partial charge in [0.2, 0.25) is 0 Å². The summed E-state index contributed by atoms with van der Waals surface area (Å²) in [5, 5.41) is 0. The highest BCUT2D eigenvalue weighted by atomic mass is 16.5. The number of urea groups is 1. The number of piperidine rings is 1. The van der Waals surface area contributed by atoms with E-state index < -0.39 is 5.54 Å². The molecule has 0 saturated carbocycles. The topological polar surface area (TPSA) is 71.5 Å². The molecule has 2 fully saturated rings. The van der Waals surface area contributed by atoms with Crippen LogP contribution in [0.5, 0.6) is 17.2 Å². The van der Waals surface area contributed by atoms with E-state index in [1.165, 1.54) is 0 Å². The Hall–Kier alpha value is -4.12. The third-order valence-corrected chi connectivity index (χ3v) is 8.56. The van der Waals surface area contributed by atoms with E-state index in [-0.39, 0.29) is 24.5 Å². The second-order valence-electron chi connectivity index (χ2n) is 10.5. The van der Waals surface area contributed by atoms with Crippen molar-refractivity contribution >= 4 is 11.9 Å². The van der Waals surface area contributed by atoms with Gasteiger partial charge < -0.3 is 24.0 Å². The van der Waals surface area contributed by atoms with E-state index in [2.05, 4.69) is 32.8 Å². The van der Waals surface area contributed by atoms with Gasteiger partial charge in [-0.1, -0.05) is 38.1 Å². The number of rotatable bonds is 7. The van der Waals surface area contributed by atoms with Gasteiger partial charge in [-0.15, -0.1) is 12.8 Å². The van der Waals surface area contributed by atoms with E-state index in [0.29, 0.717) is 44.8 Å². The first kappa shape index (κ1) is 29.9. The molecule has 218 valence electrons. The summed E-state index contributed by atoms with van der Waals surface area (Å²) in [5.74, 6) is 2.28. The number of terminal acetylenes is 1. The zero-order valence-corrected chi connectivity index (χ0v) is 24.8. The summed E-state index contributed by atoms with van der Waals surface area (Å²) in [7, 11) is 3.31. The monoisotopic (exact) mass is 559 g/mol. The van der Waals surface area contributed by atoms with Gasteiger partial charge in [0.05, 0.1) is 26.3 Å². The number of hydrogen-bond donors (Lipinski definition) is 0. The zero-order chi connectivity index (χ0) is 29.7. The van der Waals surface area contributed by atoms with Gasteiger partial charge in [0.25, 0.3) is 5.91 Å². The number of amides is 3. The Morgan fingerprint density at radius 3 is 2.39 bits per heavy atom. The predicted octanol–water partition coefficient (Wildman–Crippen LogP) is 5.21. The molecule has 0 N–H and O–H groups in total. The number of hydrogen-bond acceptors (Lipinski definition) is 5. The number of methoxy groups -OCH3 is 2. The Morgan fingerprint density at radius 2 is 1.76 bits per heavy atom. The van der Waals surface area contributed by atoms with Crippen LogP contribution in [0.25, 0.3) is 0 Å². The minimum atomic E-state index is -0.439. The van der Waals surface area contributed by atoms with Crippen molar-refractivity contribution in [3.05, 3.63) is 64.9 Å². The van der Waals surface area contributed by atoms with Crippen molar-refractivity contribution in [2.75, 3.05) is 40.5 Å². The van der Waals surface area contributed by atoms with Gasteiger partial charge in [-0.25, -0.2) is 4.79 Å². The number of allylic oxidation sites excluding steroid dienone is 1. The number of likely N-dealkylation sites (N-methyl/N-ethyl adjacent to an activating group) is 1. The summed E-state index contributed by atoms with van der Waals surface area (Å²) >= 11 is 0. The fourth-order valence-corrected chi connectivity index (χ4v) is 6.56. The highest BCUT2D eigenvalue weighted by molar-refractivity contribution is 5.83. The molecule has 0 aromatic heterocycles. The molecule has 0 radical (unpaired) electrons. The average molecular weight is 560 g/mol. The third-order valence-electron chi connectivity index (χ3n) is 8.56. The van der Waals surface area contributed by atoms with Crippen LogP contribution in [0.1, 0.15) is 56.2 Å². The maximum Gasteiger partial charge on any atom is 0.325 e. The van der Waals surface area contributed by atoms with Crippen LogP contribution >= 0.6 is 0 Å². The standard InChI is InChI=1S/C31H39N3O5.C2H2/c1-6-22-10-8-9-11-25(22)39-20-28(35)32-14-12-31(13-15-32)27-16-21(3)29-23(17-24(37-4)18-26(29)38-5)19-33(27)30(36)34(31)7-2;1-2/h8-11,16-18,21H,6-7,12-15,19-20H2,1-5H3;1-2H/t21-;/m0./s1. The van der Waals surface area contributed by atoms with Crippen LogP contribution in [0.2, 0.25) is 0 Å². The molecule has 8 heteroatoms. The van der Waals surface area contributed by atoms with Crippen molar-refractivity contribution in [2.24, 2.45) is 0 Å². The minimum Gasteiger partial charge on any atom is -0.497 e. The smallest absolute Gasteiger partial charge is 0.325 e. The van der Waals surface area contributed by atoms with Crippen LogP contribution in [0.15, 0.2) is 48.2 Å². The summed E-state index contributed by atoms with van der Waals surface area (Å²) in [6.07, 6.45) is 12.5. The lowest BCUT2D eigenvalue weighted by molar-refractivity contribution is -0.135. The van der Waals surface area contributed by atoms with Gasteiger partial charge in [-0.3, -0.25) is 9.69 Å². The number of benzene rings is 2. The average Bonchev–Trinajstić information content (AvgIpc) is 3.11. The van der Waals surface area contributed by atoms with E-state index in [0.717, 1.165) is 40.3 Å². The SMILES string of the molecule is C#C.CCc1ccccc1OCC(=O)N1CCC2(CC1)C1=C[C@H](C)c3c(cc(OC)cc3OC)CN1C(=O)N2CC. The molecule has 1 spiro atoms. The number of carbonyl (C=O) groups is 2. The van der Waals surface area contributed by atoms with Crippen molar-refractivity contribution in [2.45, 2.75) is 58.0 Å². The molecule has 2 saturated heterocycles. The molecule has 0 unspecified atom stereocenters. The summed E-state index contributed by atoms with van der Waals surface area (Å²) in [6.45, 7) is 8.50. The van der Waals surface area contributed by atoms with E-state index in [1.54, 1.807) is 14.2 Å². The first-order chi connectivity index (χ1) is 19.9. The lowest BCUT2D eigenvalue weighted by atomic mass is 9.82. The van der Waals surface area contributed by atoms with Crippen LogP contribution in [0.3, 0.4) is 0 Å². The number of ether oxygens (including phenoxy) is 3. The van der Waals surface area contributed by atoms with Gasteiger partial charge in [0.1, 0.15) is 17.2 Å². The molecule has 3 aliphatic heterocycles. The molecular formula is C33H41N3O5. The molecule has 3 aliphatic rings. The molecule has 2 aromatic rings. The molecule has 8 nitrogen and oxygen atoms in total. The lowest BCUT2D eigenvalue weighted by Gasteiger charge is -2.44. The number of nitrogens with zero attached hydrogens (tertiary/aromatic N) is 3. The highest BCUT2D eigenvalue weighted by Crippen LogP contribution is 2.49. The number of carbonyl (C=O) groups excluding carboxylic acids is 2. The number of likely N-dealkylation sites (tertiary alicyclic amines) is 1. The van der Waals surface area contributed by atoms with Crippen molar-refractivity contribution in [3.63, 3.8) is 0 Å². The lowest BCUT2D eigenvalue weighted by Crippen LogP contribution is -2.55. The maximum absolute atomic E-state index is 13.8. The first-order valence-electron chi connectivity index (χ1n) is 14.2. The van der Waals surface area contributed by atoms with Gasteiger partial charge in [0.15, 0.2) is 6.61 Å². The highest BCUT2D eigenvalue weighted by Gasteiger charge is 2.55. The predicted molar refractivity (Wildman–Crippen MR) is 159 cm³/mol. The Morgan fingerprint density at radius 1 is 1.05 bits per heavy atom. The Kier molecular flexibility index (Phi) is 9.17. The fourth-order valence-electron chi connectivity index (χ4n) is 6.56. The van der Waals surface area contributed by atoms with Gasteiger partial charge in [-0.2, -0.15) is 0 Å². The van der Waals surface area contributed by atoms with E-state index in [1.807, 2.05) is 58.0 Å². The molecule has 0 aliphatic carbocycles. The van der Waals surface area contributed by atoms with Crippen LogP contribution < -0.4 is 14.2 Å². The Labute approximate surface area is 243 Å². The summed E-state index contributed by atoms with van der Waals surface area (Å²) in [6, 6.07) is 11.8. The van der Waals surface area contributed by atoms with Crippen LogP contribution in [0, 0.1) is 12.8 Å². The second-order valence-corrected chi connectivity index (χ2v) is 10.5. The van der Waals surface area contributed by atoms with Crippen molar-refractivity contribution in [3.8, 4) is 30.1 Å². The van der Waals surface area contributed by atoms with E-state index in [4.69, 9.17) is 14.2 Å². The van der Waals surface area contributed by atoms with Gasteiger partial charge in [-0.05, 0) is 49.4 Å². The van der Waals surface area contributed by atoms with Crippen molar-refractivity contribution < 1.29 is 23.8 Å². The van der Waals surface area contributed by atoms with Crippen LogP contribution in [-0.2, 0) is 17.8 Å². The summed E-state index contributed by atoms with van der Waals surface area (Å²) in [5.41, 5.74) is 3.81. The normalized spacial score (nSPS) is 18.9. The van der Waals surface area contributed by atoms with E-state index >= 15 is 0 Å².